The molecule has 0 atom stereocenters. The first-order valence-corrected chi connectivity index (χ1v) is 11.1. The van der Waals surface area contributed by atoms with Crippen molar-refractivity contribution in [3.63, 3.8) is 0 Å². The second kappa shape index (κ2) is 7.30. The first-order valence-electron chi connectivity index (χ1n) is 9.28. The van der Waals surface area contributed by atoms with Crippen molar-refractivity contribution in [3.8, 4) is 0 Å². The molecule has 8 nitrogen and oxygen atoms in total. The fraction of sp³-hybridized carbons (Fsp3) is 0.500. The quantitative estimate of drug-likeness (QED) is 0.831. The van der Waals surface area contributed by atoms with Gasteiger partial charge in [-0.25, -0.2) is 18.2 Å². The number of sulfone groups is 1. The largest absolute Gasteiger partial charge is 0.368 e. The van der Waals surface area contributed by atoms with Crippen LogP contribution in [0.5, 0.6) is 0 Å². The average Bonchev–Trinajstić information content (AvgIpc) is 3.14. The molecule has 27 heavy (non-hydrogen) atoms. The van der Waals surface area contributed by atoms with Gasteiger partial charge in [0, 0.05) is 19.1 Å². The molecule has 144 valence electrons. The highest BCUT2D eigenvalue weighted by Gasteiger charge is 2.22. The molecule has 4 rings (SSSR count). The second-order valence-corrected chi connectivity index (χ2v) is 9.45. The van der Waals surface area contributed by atoms with E-state index in [1.54, 1.807) is 12.3 Å². The maximum absolute atomic E-state index is 12.1. The van der Waals surface area contributed by atoms with E-state index < -0.39 is 9.84 Å². The van der Waals surface area contributed by atoms with Crippen molar-refractivity contribution in [2.75, 3.05) is 34.8 Å². The molecule has 2 N–H and O–H groups in total. The second-order valence-electron chi connectivity index (χ2n) is 7.15. The first kappa shape index (κ1) is 18.0. The van der Waals surface area contributed by atoms with Crippen LogP contribution in [0.25, 0.3) is 11.0 Å². The normalized spacial score (nSPS) is 19.9. The average molecular weight is 389 g/mol. The van der Waals surface area contributed by atoms with E-state index in [9.17, 15) is 13.2 Å². The number of nitrogens with zero attached hydrogens (tertiary/aromatic N) is 3. The molecular formula is C18H23N5O3S. The van der Waals surface area contributed by atoms with Crippen LogP contribution in [0.3, 0.4) is 0 Å². The van der Waals surface area contributed by atoms with Gasteiger partial charge in [0.15, 0.2) is 9.84 Å². The van der Waals surface area contributed by atoms with Gasteiger partial charge < -0.3 is 10.2 Å². The molecule has 1 saturated carbocycles. The molecule has 2 amide bonds. The van der Waals surface area contributed by atoms with E-state index in [4.69, 9.17) is 0 Å². The fourth-order valence-corrected chi connectivity index (χ4v) is 4.82. The predicted octanol–water partition coefficient (Wildman–Crippen LogP) is 1.93. The zero-order valence-corrected chi connectivity index (χ0v) is 15.8. The van der Waals surface area contributed by atoms with Gasteiger partial charge in [-0.1, -0.05) is 12.8 Å². The van der Waals surface area contributed by atoms with Crippen molar-refractivity contribution in [2.45, 2.75) is 31.7 Å². The molecular weight excluding hydrogens is 366 g/mol. The van der Waals surface area contributed by atoms with Crippen LogP contribution in [0, 0.1) is 0 Å². The number of hydrogen-bond acceptors (Lipinski definition) is 6. The Balaban J connectivity index is 1.48. The molecule has 0 aromatic carbocycles. The lowest BCUT2D eigenvalue weighted by Gasteiger charge is -2.28. The van der Waals surface area contributed by atoms with Gasteiger partial charge in [0.25, 0.3) is 0 Å². The number of carbonyl (C=O) groups is 1. The van der Waals surface area contributed by atoms with Gasteiger partial charge in [-0.15, -0.1) is 0 Å². The molecule has 1 aliphatic heterocycles. The fourth-order valence-electron chi connectivity index (χ4n) is 3.62. The van der Waals surface area contributed by atoms with Crippen LogP contribution in [0.4, 0.5) is 16.3 Å². The lowest BCUT2D eigenvalue weighted by atomic mass is 10.2. The highest BCUT2D eigenvalue weighted by atomic mass is 32.2. The van der Waals surface area contributed by atoms with Gasteiger partial charge in [0.1, 0.15) is 5.82 Å². The van der Waals surface area contributed by atoms with Crippen LogP contribution in [0.1, 0.15) is 25.7 Å². The van der Waals surface area contributed by atoms with Gasteiger partial charge in [0.05, 0.1) is 34.4 Å². The summed E-state index contributed by atoms with van der Waals surface area (Å²) >= 11 is 0. The van der Waals surface area contributed by atoms with Crippen LogP contribution < -0.4 is 15.5 Å². The van der Waals surface area contributed by atoms with Gasteiger partial charge in [-0.05, 0) is 31.0 Å². The van der Waals surface area contributed by atoms with E-state index in [2.05, 4.69) is 20.6 Å². The Morgan fingerprint density at radius 3 is 2.59 bits per heavy atom. The number of fused-ring (bicyclic) bond motifs is 1. The van der Waals surface area contributed by atoms with Gasteiger partial charge in [-0.3, -0.25) is 10.3 Å². The van der Waals surface area contributed by atoms with Crippen LogP contribution in [-0.2, 0) is 9.84 Å². The number of hydrogen-bond donors (Lipinski definition) is 2. The van der Waals surface area contributed by atoms with E-state index in [1.165, 1.54) is 0 Å². The predicted molar refractivity (Wildman–Crippen MR) is 105 cm³/mol. The third-order valence-corrected chi connectivity index (χ3v) is 6.77. The molecule has 0 spiro atoms. The highest BCUT2D eigenvalue weighted by molar-refractivity contribution is 7.91. The van der Waals surface area contributed by atoms with Gasteiger partial charge >= 0.3 is 6.03 Å². The number of aromatic nitrogens is 2. The summed E-state index contributed by atoms with van der Waals surface area (Å²) in [6.45, 7) is 0.911. The molecule has 2 aromatic heterocycles. The van der Waals surface area contributed by atoms with E-state index in [0.717, 1.165) is 36.9 Å². The van der Waals surface area contributed by atoms with E-state index in [-0.39, 0.29) is 23.6 Å². The van der Waals surface area contributed by atoms with E-state index >= 15 is 0 Å². The number of nitrogens with one attached hydrogen (secondary N) is 2. The van der Waals surface area contributed by atoms with Crippen LogP contribution in [0.15, 0.2) is 24.4 Å². The lowest BCUT2D eigenvalue weighted by molar-refractivity contribution is 0.248. The minimum atomic E-state index is -2.93. The molecule has 2 aromatic rings. The zero-order chi connectivity index (χ0) is 18.9. The Hall–Kier alpha value is -2.42. The smallest absolute Gasteiger partial charge is 0.320 e. The van der Waals surface area contributed by atoms with Crippen molar-refractivity contribution >= 4 is 38.4 Å². The summed E-state index contributed by atoms with van der Waals surface area (Å²) in [7, 11) is -2.93. The lowest BCUT2D eigenvalue weighted by Crippen LogP contribution is -2.40. The number of urea groups is 1. The molecule has 1 saturated heterocycles. The summed E-state index contributed by atoms with van der Waals surface area (Å²) in [5.74, 6) is 0.779. The maximum atomic E-state index is 12.1. The number of anilines is 2. The SMILES string of the molecule is O=C(Nc1ccc2ncc(N3CCS(=O)(=O)CC3)cc2n1)NC1CCCC1. The molecule has 0 unspecified atom stereocenters. The summed E-state index contributed by atoms with van der Waals surface area (Å²) in [5, 5.41) is 5.76. The molecule has 9 heteroatoms. The highest BCUT2D eigenvalue weighted by Crippen LogP contribution is 2.22. The minimum Gasteiger partial charge on any atom is -0.368 e. The molecule has 2 fully saturated rings. The first-order chi connectivity index (χ1) is 13.0. The Kier molecular flexibility index (Phi) is 4.86. The van der Waals surface area contributed by atoms with Crippen molar-refractivity contribution < 1.29 is 13.2 Å². The zero-order valence-electron chi connectivity index (χ0n) is 15.0. The Bertz CT molecular complexity index is 943. The Morgan fingerprint density at radius 1 is 1.11 bits per heavy atom. The number of pyridine rings is 2. The van der Waals surface area contributed by atoms with Crippen molar-refractivity contribution in [2.24, 2.45) is 0 Å². The van der Waals surface area contributed by atoms with Crippen LogP contribution in [0.2, 0.25) is 0 Å². The van der Waals surface area contributed by atoms with Crippen molar-refractivity contribution in [1.82, 2.24) is 15.3 Å². The molecule has 0 radical (unpaired) electrons. The van der Waals surface area contributed by atoms with E-state index in [0.29, 0.717) is 24.4 Å². The number of carbonyl (C=O) groups excluding carboxylic acids is 1. The summed E-state index contributed by atoms with van der Waals surface area (Å²) in [4.78, 5) is 23.0. The number of amides is 2. The standard InChI is InChI=1S/C18H23N5O3S/c24-18(20-13-3-1-2-4-13)22-17-6-5-15-16(21-17)11-14(12-19-15)23-7-9-27(25,26)10-8-23/h5-6,11-13H,1-4,7-10H2,(H2,20,21,22,24). The summed E-state index contributed by atoms with van der Waals surface area (Å²) in [6, 6.07) is 5.45. The van der Waals surface area contributed by atoms with E-state index in [1.807, 2.05) is 17.0 Å². The van der Waals surface area contributed by atoms with Crippen LogP contribution in [-0.4, -0.2) is 55.1 Å². The minimum absolute atomic E-state index is 0.154. The Morgan fingerprint density at radius 2 is 1.85 bits per heavy atom. The third-order valence-electron chi connectivity index (χ3n) is 5.16. The number of rotatable bonds is 3. The maximum Gasteiger partial charge on any atom is 0.320 e. The molecule has 1 aliphatic carbocycles. The van der Waals surface area contributed by atoms with Crippen LogP contribution >= 0.6 is 0 Å². The molecule has 2 aliphatic rings. The molecule has 0 bridgehead atoms. The van der Waals surface area contributed by atoms with Crippen molar-refractivity contribution in [3.05, 3.63) is 24.4 Å². The van der Waals surface area contributed by atoms with Crippen molar-refractivity contribution in [1.29, 1.82) is 0 Å². The van der Waals surface area contributed by atoms with Gasteiger partial charge in [0.2, 0.25) is 0 Å². The monoisotopic (exact) mass is 389 g/mol. The Labute approximate surface area is 158 Å². The van der Waals surface area contributed by atoms with Gasteiger partial charge in [-0.2, -0.15) is 0 Å². The molecule has 3 heterocycles. The topological polar surface area (TPSA) is 104 Å². The summed E-state index contributed by atoms with van der Waals surface area (Å²) in [5.41, 5.74) is 2.24. The summed E-state index contributed by atoms with van der Waals surface area (Å²) in [6.07, 6.45) is 6.10. The summed E-state index contributed by atoms with van der Waals surface area (Å²) < 4.78 is 23.2. The third kappa shape index (κ3) is 4.29.